The molecule has 0 aliphatic carbocycles. The third kappa shape index (κ3) is 5.63. The Morgan fingerprint density at radius 3 is 2.50 bits per heavy atom. The fourth-order valence-corrected chi connectivity index (χ4v) is 4.18. The SMILES string of the molecule is COc1ccc(CC(=O)Nc2cc(S(=O)(=O)Nc3cccc(Cl)c3)ccc2O)c(OC)c1. The molecule has 0 aliphatic heterocycles. The van der Waals surface area contributed by atoms with E-state index in [9.17, 15) is 18.3 Å². The molecule has 3 aromatic rings. The Bertz CT molecular complexity index is 1250. The predicted molar refractivity (Wildman–Crippen MR) is 122 cm³/mol. The average Bonchev–Trinajstić information content (AvgIpc) is 2.75. The number of phenols is 1. The van der Waals surface area contributed by atoms with E-state index >= 15 is 0 Å². The number of rotatable bonds is 8. The van der Waals surface area contributed by atoms with Crippen LogP contribution in [0, 0.1) is 0 Å². The molecule has 0 saturated heterocycles. The fraction of sp³-hybridized carbons (Fsp3) is 0.136. The number of nitrogens with one attached hydrogen (secondary N) is 2. The third-order valence-corrected chi connectivity index (χ3v) is 6.09. The van der Waals surface area contributed by atoms with Gasteiger partial charge >= 0.3 is 0 Å². The number of carbonyl (C=O) groups excluding carboxylic acids is 1. The lowest BCUT2D eigenvalue weighted by Gasteiger charge is -2.13. The van der Waals surface area contributed by atoms with Crippen LogP contribution in [0.1, 0.15) is 5.56 Å². The summed E-state index contributed by atoms with van der Waals surface area (Å²) in [5.41, 5.74) is 0.830. The highest BCUT2D eigenvalue weighted by atomic mass is 35.5. The summed E-state index contributed by atoms with van der Waals surface area (Å²) in [6, 6.07) is 14.9. The number of hydrogen-bond acceptors (Lipinski definition) is 6. The van der Waals surface area contributed by atoms with E-state index in [0.717, 1.165) is 0 Å². The van der Waals surface area contributed by atoms with E-state index in [1.54, 1.807) is 36.4 Å². The number of carbonyl (C=O) groups is 1. The van der Waals surface area contributed by atoms with E-state index in [0.29, 0.717) is 22.1 Å². The molecule has 0 spiro atoms. The van der Waals surface area contributed by atoms with Gasteiger partial charge in [-0.15, -0.1) is 0 Å². The summed E-state index contributed by atoms with van der Waals surface area (Å²) in [5.74, 6) is 0.294. The Hall–Kier alpha value is -3.43. The molecule has 3 N–H and O–H groups in total. The van der Waals surface area contributed by atoms with Crippen LogP contribution < -0.4 is 19.5 Å². The zero-order valence-corrected chi connectivity index (χ0v) is 18.8. The Kier molecular flexibility index (Phi) is 7.12. The van der Waals surface area contributed by atoms with Crippen molar-refractivity contribution in [2.45, 2.75) is 11.3 Å². The van der Waals surface area contributed by atoms with Gasteiger partial charge in [-0.05, 0) is 42.5 Å². The quantitative estimate of drug-likeness (QED) is 0.423. The molecule has 168 valence electrons. The van der Waals surface area contributed by atoms with E-state index in [4.69, 9.17) is 21.1 Å². The molecule has 0 radical (unpaired) electrons. The fourth-order valence-electron chi connectivity index (χ4n) is 2.91. The molecule has 8 nitrogen and oxygen atoms in total. The van der Waals surface area contributed by atoms with Gasteiger partial charge in [0.25, 0.3) is 10.0 Å². The van der Waals surface area contributed by atoms with Gasteiger partial charge in [-0.25, -0.2) is 8.42 Å². The number of aromatic hydroxyl groups is 1. The first-order chi connectivity index (χ1) is 15.2. The first-order valence-electron chi connectivity index (χ1n) is 9.34. The topological polar surface area (TPSA) is 114 Å². The van der Waals surface area contributed by atoms with Crippen molar-refractivity contribution >= 4 is 38.9 Å². The van der Waals surface area contributed by atoms with Crippen LogP contribution in [-0.4, -0.2) is 33.7 Å². The summed E-state index contributed by atoms with van der Waals surface area (Å²) in [4.78, 5) is 12.4. The first kappa shape index (κ1) is 23.2. The van der Waals surface area contributed by atoms with Crippen LogP contribution in [-0.2, 0) is 21.2 Å². The van der Waals surface area contributed by atoms with E-state index in [1.165, 1.54) is 38.5 Å². The number of anilines is 2. The highest BCUT2D eigenvalue weighted by Gasteiger charge is 2.18. The van der Waals surface area contributed by atoms with Crippen molar-refractivity contribution in [3.8, 4) is 17.2 Å². The molecule has 0 unspecified atom stereocenters. The Morgan fingerprint density at radius 1 is 1.03 bits per heavy atom. The second kappa shape index (κ2) is 9.80. The van der Waals surface area contributed by atoms with Crippen LogP contribution in [0.5, 0.6) is 17.2 Å². The van der Waals surface area contributed by atoms with Crippen molar-refractivity contribution in [2.75, 3.05) is 24.3 Å². The maximum Gasteiger partial charge on any atom is 0.261 e. The number of methoxy groups -OCH3 is 2. The minimum atomic E-state index is -3.99. The third-order valence-electron chi connectivity index (χ3n) is 4.47. The van der Waals surface area contributed by atoms with Gasteiger partial charge in [0.1, 0.15) is 17.2 Å². The predicted octanol–water partition coefficient (Wildman–Crippen LogP) is 4.04. The molecule has 3 rings (SSSR count). The molecule has 0 fully saturated rings. The van der Waals surface area contributed by atoms with Gasteiger partial charge in [0, 0.05) is 16.7 Å². The number of halogens is 1. The molecular weight excluding hydrogens is 456 g/mol. The highest BCUT2D eigenvalue weighted by molar-refractivity contribution is 7.92. The maximum atomic E-state index is 12.7. The molecular formula is C22H21ClN2O6S. The van der Waals surface area contributed by atoms with Crippen molar-refractivity contribution in [3.63, 3.8) is 0 Å². The van der Waals surface area contributed by atoms with Gasteiger partial charge in [-0.1, -0.05) is 23.7 Å². The molecule has 0 bridgehead atoms. The molecule has 0 atom stereocenters. The van der Waals surface area contributed by atoms with Gasteiger partial charge in [0.05, 0.1) is 36.9 Å². The lowest BCUT2D eigenvalue weighted by molar-refractivity contribution is -0.115. The number of phenolic OH excluding ortho intramolecular Hbond substituents is 1. The van der Waals surface area contributed by atoms with Crippen molar-refractivity contribution in [1.29, 1.82) is 0 Å². The van der Waals surface area contributed by atoms with Crippen LogP contribution in [0.25, 0.3) is 0 Å². The van der Waals surface area contributed by atoms with Crippen LogP contribution in [0.4, 0.5) is 11.4 Å². The normalized spacial score (nSPS) is 11.0. The number of sulfonamides is 1. The summed E-state index contributed by atoms with van der Waals surface area (Å²) < 4.78 is 38.3. The number of ether oxygens (including phenoxy) is 2. The van der Waals surface area contributed by atoms with E-state index in [2.05, 4.69) is 10.0 Å². The molecule has 0 aliphatic rings. The van der Waals surface area contributed by atoms with E-state index in [1.807, 2.05) is 0 Å². The van der Waals surface area contributed by atoms with Crippen molar-refractivity contribution in [1.82, 2.24) is 0 Å². The minimum absolute atomic E-state index is 0.0450. The van der Waals surface area contributed by atoms with Crippen LogP contribution in [0.2, 0.25) is 5.02 Å². The Morgan fingerprint density at radius 2 is 1.81 bits per heavy atom. The molecule has 0 aromatic heterocycles. The molecule has 32 heavy (non-hydrogen) atoms. The standard InChI is InChI=1S/C22H21ClN2O6S/c1-30-17-7-6-14(21(12-17)31-2)10-22(27)24-19-13-18(8-9-20(19)26)32(28,29)25-16-5-3-4-15(23)11-16/h3-9,11-13,25-26H,10H2,1-2H3,(H,24,27). The van der Waals surface area contributed by atoms with Crippen LogP contribution >= 0.6 is 11.6 Å². The summed E-state index contributed by atoms with van der Waals surface area (Å²) in [5, 5.41) is 13.0. The molecule has 3 aromatic carbocycles. The monoisotopic (exact) mass is 476 g/mol. The largest absolute Gasteiger partial charge is 0.506 e. The second-order valence-electron chi connectivity index (χ2n) is 6.70. The van der Waals surface area contributed by atoms with Gasteiger partial charge in [-0.2, -0.15) is 0 Å². The Balaban J connectivity index is 1.79. The van der Waals surface area contributed by atoms with Gasteiger partial charge in [0.2, 0.25) is 5.91 Å². The number of amides is 1. The maximum absolute atomic E-state index is 12.7. The van der Waals surface area contributed by atoms with Crippen molar-refractivity contribution < 1.29 is 27.8 Å². The average molecular weight is 477 g/mol. The van der Waals surface area contributed by atoms with Gasteiger partial charge in [0.15, 0.2) is 0 Å². The molecule has 10 heteroatoms. The van der Waals surface area contributed by atoms with Crippen molar-refractivity contribution in [3.05, 3.63) is 71.2 Å². The van der Waals surface area contributed by atoms with Crippen LogP contribution in [0.15, 0.2) is 65.6 Å². The lowest BCUT2D eigenvalue weighted by Crippen LogP contribution is -2.17. The molecule has 1 amide bonds. The Labute approximate surface area is 190 Å². The highest BCUT2D eigenvalue weighted by Crippen LogP contribution is 2.29. The van der Waals surface area contributed by atoms with Crippen LogP contribution in [0.3, 0.4) is 0 Å². The zero-order valence-electron chi connectivity index (χ0n) is 17.3. The van der Waals surface area contributed by atoms with Gasteiger partial charge in [-0.3, -0.25) is 9.52 Å². The first-order valence-corrected chi connectivity index (χ1v) is 11.2. The summed E-state index contributed by atoms with van der Waals surface area (Å²) in [7, 11) is -0.992. The summed E-state index contributed by atoms with van der Waals surface area (Å²) >= 11 is 5.90. The number of hydrogen-bond donors (Lipinski definition) is 3. The zero-order chi connectivity index (χ0) is 23.3. The number of benzene rings is 3. The second-order valence-corrected chi connectivity index (χ2v) is 8.82. The molecule has 0 heterocycles. The molecule has 0 saturated carbocycles. The van der Waals surface area contributed by atoms with Gasteiger partial charge < -0.3 is 19.9 Å². The summed E-state index contributed by atoms with van der Waals surface area (Å²) in [6.45, 7) is 0. The summed E-state index contributed by atoms with van der Waals surface area (Å²) in [6.07, 6.45) is -0.0651. The smallest absolute Gasteiger partial charge is 0.261 e. The van der Waals surface area contributed by atoms with E-state index in [-0.39, 0.29) is 28.4 Å². The van der Waals surface area contributed by atoms with E-state index < -0.39 is 15.9 Å². The van der Waals surface area contributed by atoms with Crippen molar-refractivity contribution in [2.24, 2.45) is 0 Å². The minimum Gasteiger partial charge on any atom is -0.506 e. The lowest BCUT2D eigenvalue weighted by atomic mass is 10.1.